The van der Waals surface area contributed by atoms with Crippen LogP contribution >= 0.6 is 0 Å². The van der Waals surface area contributed by atoms with E-state index >= 15 is 0 Å². The van der Waals surface area contributed by atoms with Gasteiger partial charge < -0.3 is 0 Å². The second-order valence-corrected chi connectivity index (χ2v) is 5.14. The lowest BCUT2D eigenvalue weighted by atomic mass is 10.1. The van der Waals surface area contributed by atoms with Gasteiger partial charge in [0.15, 0.2) is 5.65 Å². The second-order valence-electron chi connectivity index (χ2n) is 5.14. The molecule has 0 aliphatic carbocycles. The molecular formula is C16H12FN5O. The number of benzene rings is 1. The van der Waals surface area contributed by atoms with Gasteiger partial charge in [-0.3, -0.25) is 14.6 Å². The zero-order valence-corrected chi connectivity index (χ0v) is 12.0. The highest BCUT2D eigenvalue weighted by molar-refractivity contribution is 5.76. The Balaban J connectivity index is 1.85. The minimum absolute atomic E-state index is 0.203. The lowest BCUT2D eigenvalue weighted by Crippen LogP contribution is -2.17. The minimum Gasteiger partial charge on any atom is -0.296 e. The zero-order valence-electron chi connectivity index (χ0n) is 12.0. The summed E-state index contributed by atoms with van der Waals surface area (Å²) >= 11 is 0. The van der Waals surface area contributed by atoms with E-state index in [1.54, 1.807) is 29.2 Å². The lowest BCUT2D eigenvalue weighted by molar-refractivity contribution is 0.628. The summed E-state index contributed by atoms with van der Waals surface area (Å²) in [6, 6.07) is 9.36. The van der Waals surface area contributed by atoms with E-state index < -0.39 is 0 Å². The summed E-state index contributed by atoms with van der Waals surface area (Å²) in [6.45, 7) is 0.410. The molecule has 0 bridgehead atoms. The molecule has 7 heteroatoms. The van der Waals surface area contributed by atoms with Crippen molar-refractivity contribution < 1.29 is 4.39 Å². The predicted octanol–water partition coefficient (Wildman–Crippen LogP) is 2.07. The number of nitrogens with one attached hydrogen (secondary N) is 1. The Labute approximate surface area is 129 Å². The van der Waals surface area contributed by atoms with Crippen LogP contribution in [0.2, 0.25) is 0 Å². The Morgan fingerprint density at radius 1 is 1.22 bits per heavy atom. The van der Waals surface area contributed by atoms with Gasteiger partial charge in [-0.1, -0.05) is 12.1 Å². The number of fused-ring (bicyclic) bond motifs is 1. The molecule has 6 nitrogen and oxygen atoms in total. The van der Waals surface area contributed by atoms with Crippen molar-refractivity contribution in [1.29, 1.82) is 0 Å². The number of halogens is 1. The molecule has 3 aromatic heterocycles. The zero-order chi connectivity index (χ0) is 15.8. The van der Waals surface area contributed by atoms with Crippen LogP contribution in [0.5, 0.6) is 0 Å². The summed E-state index contributed by atoms with van der Waals surface area (Å²) in [7, 11) is 0. The van der Waals surface area contributed by atoms with E-state index in [0.717, 1.165) is 11.1 Å². The van der Waals surface area contributed by atoms with E-state index in [2.05, 4.69) is 15.2 Å². The molecule has 0 spiro atoms. The van der Waals surface area contributed by atoms with Gasteiger partial charge in [-0.05, 0) is 23.8 Å². The highest BCUT2D eigenvalue weighted by Gasteiger charge is 2.11. The van der Waals surface area contributed by atoms with Crippen molar-refractivity contribution in [3.05, 3.63) is 76.9 Å². The van der Waals surface area contributed by atoms with Crippen LogP contribution in [0.15, 0.2) is 59.8 Å². The number of hydrogen-bond acceptors (Lipinski definition) is 3. The van der Waals surface area contributed by atoms with Crippen molar-refractivity contribution in [2.75, 3.05) is 0 Å². The topological polar surface area (TPSA) is 68.0 Å². The number of rotatable bonds is 3. The molecular weight excluding hydrogens is 297 g/mol. The van der Waals surface area contributed by atoms with Gasteiger partial charge in [0.1, 0.15) is 5.82 Å². The number of H-pyrrole nitrogens is 1. The molecule has 0 saturated heterocycles. The van der Waals surface area contributed by atoms with Crippen molar-refractivity contribution in [2.45, 2.75) is 6.54 Å². The average molecular weight is 309 g/mol. The van der Waals surface area contributed by atoms with Gasteiger partial charge in [0.2, 0.25) is 0 Å². The Hall–Kier alpha value is -3.22. The smallest absolute Gasteiger partial charge is 0.272 e. The van der Waals surface area contributed by atoms with Gasteiger partial charge in [0, 0.05) is 30.2 Å². The number of nitrogens with zero attached hydrogens (tertiary/aromatic N) is 4. The second kappa shape index (κ2) is 5.20. The van der Waals surface area contributed by atoms with Crippen molar-refractivity contribution in [2.24, 2.45) is 0 Å². The quantitative estimate of drug-likeness (QED) is 0.630. The first-order chi connectivity index (χ1) is 11.2. The SMILES string of the molecule is O=c1cc(Cn2cccn2)nc2c(-c3ccc(F)cc3)c[nH]n12. The lowest BCUT2D eigenvalue weighted by Gasteiger charge is -2.03. The van der Waals surface area contributed by atoms with E-state index in [-0.39, 0.29) is 11.4 Å². The molecule has 1 aromatic carbocycles. The highest BCUT2D eigenvalue weighted by atomic mass is 19.1. The van der Waals surface area contributed by atoms with E-state index in [4.69, 9.17) is 0 Å². The summed E-state index contributed by atoms with van der Waals surface area (Å²) in [4.78, 5) is 16.8. The third kappa shape index (κ3) is 2.42. The molecule has 114 valence electrons. The van der Waals surface area contributed by atoms with Gasteiger partial charge in [-0.25, -0.2) is 13.9 Å². The molecule has 0 saturated carbocycles. The molecule has 0 amide bonds. The number of hydrogen-bond donors (Lipinski definition) is 1. The largest absolute Gasteiger partial charge is 0.296 e. The van der Waals surface area contributed by atoms with Crippen molar-refractivity contribution in [3.8, 4) is 11.1 Å². The van der Waals surface area contributed by atoms with Crippen molar-refractivity contribution in [1.82, 2.24) is 24.4 Å². The van der Waals surface area contributed by atoms with Crippen LogP contribution in [0.25, 0.3) is 16.8 Å². The van der Waals surface area contributed by atoms with Crippen LogP contribution in [-0.2, 0) is 6.54 Å². The summed E-state index contributed by atoms with van der Waals surface area (Å²) < 4.78 is 16.2. The molecule has 0 fully saturated rings. The maximum Gasteiger partial charge on any atom is 0.272 e. The number of aromatic amines is 1. The third-order valence-corrected chi connectivity index (χ3v) is 3.59. The maximum absolute atomic E-state index is 13.1. The molecule has 4 rings (SSSR count). The van der Waals surface area contributed by atoms with Crippen LogP contribution in [0.3, 0.4) is 0 Å². The first kappa shape index (κ1) is 13.4. The fourth-order valence-electron chi connectivity index (χ4n) is 2.51. The third-order valence-electron chi connectivity index (χ3n) is 3.59. The van der Waals surface area contributed by atoms with Crippen LogP contribution in [0.1, 0.15) is 5.69 Å². The van der Waals surface area contributed by atoms with Gasteiger partial charge in [0.25, 0.3) is 5.56 Å². The first-order valence-electron chi connectivity index (χ1n) is 7.04. The molecule has 0 aliphatic heterocycles. The molecule has 1 N–H and O–H groups in total. The standard InChI is InChI=1S/C16H12FN5O/c17-12-4-2-11(3-5-12)14-9-19-22-15(23)8-13(20-16(14)22)10-21-7-1-6-18-21/h1-9,19H,10H2. The van der Waals surface area contributed by atoms with Crippen molar-refractivity contribution >= 4 is 5.65 Å². The summed E-state index contributed by atoms with van der Waals surface area (Å²) in [6.07, 6.45) is 5.17. The summed E-state index contributed by atoms with van der Waals surface area (Å²) in [5.74, 6) is -0.307. The highest BCUT2D eigenvalue weighted by Crippen LogP contribution is 2.22. The Bertz CT molecular complexity index is 1010. The Kier molecular flexibility index (Phi) is 3.04. The van der Waals surface area contributed by atoms with E-state index in [0.29, 0.717) is 17.9 Å². The summed E-state index contributed by atoms with van der Waals surface area (Å²) in [5, 5.41) is 7.00. The van der Waals surface area contributed by atoms with Crippen LogP contribution in [-0.4, -0.2) is 24.4 Å². The van der Waals surface area contributed by atoms with Gasteiger partial charge >= 0.3 is 0 Å². The predicted molar refractivity (Wildman–Crippen MR) is 82.5 cm³/mol. The molecule has 0 aliphatic rings. The van der Waals surface area contributed by atoms with E-state index in [9.17, 15) is 9.18 Å². The van der Waals surface area contributed by atoms with E-state index in [1.807, 2.05) is 12.3 Å². The number of aromatic nitrogens is 5. The van der Waals surface area contributed by atoms with Gasteiger partial charge in [-0.2, -0.15) is 5.10 Å². The Morgan fingerprint density at radius 2 is 2.04 bits per heavy atom. The molecule has 0 atom stereocenters. The maximum atomic E-state index is 13.1. The fourth-order valence-corrected chi connectivity index (χ4v) is 2.51. The van der Waals surface area contributed by atoms with Crippen LogP contribution in [0.4, 0.5) is 4.39 Å². The molecule has 0 radical (unpaired) electrons. The van der Waals surface area contributed by atoms with Crippen LogP contribution in [0, 0.1) is 5.82 Å². The molecule has 4 aromatic rings. The van der Waals surface area contributed by atoms with Gasteiger partial charge in [0.05, 0.1) is 12.2 Å². The molecule has 3 heterocycles. The summed E-state index contributed by atoms with van der Waals surface area (Å²) in [5.41, 5.74) is 2.44. The first-order valence-corrected chi connectivity index (χ1v) is 7.04. The monoisotopic (exact) mass is 309 g/mol. The fraction of sp³-hybridized carbons (Fsp3) is 0.0625. The van der Waals surface area contributed by atoms with Crippen molar-refractivity contribution in [3.63, 3.8) is 0 Å². The van der Waals surface area contributed by atoms with Crippen LogP contribution < -0.4 is 5.56 Å². The normalized spacial score (nSPS) is 11.2. The molecule has 23 heavy (non-hydrogen) atoms. The van der Waals surface area contributed by atoms with E-state index in [1.165, 1.54) is 22.7 Å². The minimum atomic E-state index is -0.307. The Morgan fingerprint density at radius 3 is 2.78 bits per heavy atom. The average Bonchev–Trinajstić information content (AvgIpc) is 3.18. The molecule has 0 unspecified atom stereocenters. The van der Waals surface area contributed by atoms with Gasteiger partial charge in [-0.15, -0.1) is 0 Å².